The van der Waals surface area contributed by atoms with E-state index in [0.29, 0.717) is 6.42 Å². The van der Waals surface area contributed by atoms with Crippen molar-refractivity contribution >= 4 is 9.84 Å². The predicted molar refractivity (Wildman–Crippen MR) is 54.3 cm³/mol. The van der Waals surface area contributed by atoms with E-state index in [1.165, 1.54) is 0 Å². The van der Waals surface area contributed by atoms with Crippen LogP contribution in [0.2, 0.25) is 0 Å². The minimum absolute atomic E-state index is 0.126. The first-order valence-electron chi connectivity index (χ1n) is 4.98. The second-order valence-electron chi connectivity index (χ2n) is 3.94. The quantitative estimate of drug-likeness (QED) is 0.750. The fourth-order valence-corrected chi connectivity index (χ4v) is 4.07. The number of sulfone groups is 1. The molecule has 0 heterocycles. The molecule has 0 aliphatic heterocycles. The second kappa shape index (κ2) is 3.96. The monoisotopic (exact) mass is 205 g/mol. The molecule has 0 aromatic carbocycles. The van der Waals surface area contributed by atoms with Gasteiger partial charge in [0.05, 0.1) is 10.5 Å². The van der Waals surface area contributed by atoms with Gasteiger partial charge in [-0.1, -0.05) is 13.3 Å². The molecule has 3 unspecified atom stereocenters. The number of hydrogen-bond donors (Lipinski definition) is 1. The maximum Gasteiger partial charge on any atom is 0.157 e. The fourth-order valence-electron chi connectivity index (χ4n) is 1.89. The Balaban J connectivity index is 2.80. The minimum Gasteiger partial charge on any atom is -0.327 e. The molecule has 1 saturated carbocycles. The van der Waals surface area contributed by atoms with Crippen molar-refractivity contribution in [2.45, 2.75) is 56.1 Å². The van der Waals surface area contributed by atoms with Gasteiger partial charge in [0.2, 0.25) is 0 Å². The van der Waals surface area contributed by atoms with Gasteiger partial charge in [-0.15, -0.1) is 0 Å². The fraction of sp³-hybridized carbons (Fsp3) is 1.00. The lowest BCUT2D eigenvalue weighted by Gasteiger charge is -2.20. The second-order valence-corrected chi connectivity index (χ2v) is 6.53. The van der Waals surface area contributed by atoms with E-state index in [-0.39, 0.29) is 16.5 Å². The molecule has 0 spiro atoms. The lowest BCUT2D eigenvalue weighted by molar-refractivity contribution is 0.553. The molecule has 0 saturated heterocycles. The van der Waals surface area contributed by atoms with Crippen molar-refractivity contribution in [3.05, 3.63) is 0 Å². The van der Waals surface area contributed by atoms with E-state index in [1.54, 1.807) is 6.92 Å². The SMILES string of the molecule is CCC(C)S(=O)(=O)C1CCCC1N. The van der Waals surface area contributed by atoms with Crippen LogP contribution < -0.4 is 5.73 Å². The van der Waals surface area contributed by atoms with Crippen molar-refractivity contribution in [2.75, 3.05) is 0 Å². The van der Waals surface area contributed by atoms with Crippen molar-refractivity contribution in [3.63, 3.8) is 0 Å². The first kappa shape index (κ1) is 11.0. The van der Waals surface area contributed by atoms with Crippen LogP contribution in [0.5, 0.6) is 0 Å². The minimum atomic E-state index is -2.96. The van der Waals surface area contributed by atoms with Gasteiger partial charge in [0.15, 0.2) is 9.84 Å². The van der Waals surface area contributed by atoms with Crippen molar-refractivity contribution in [1.29, 1.82) is 0 Å². The molecule has 13 heavy (non-hydrogen) atoms. The summed E-state index contributed by atoms with van der Waals surface area (Å²) in [5.41, 5.74) is 5.78. The van der Waals surface area contributed by atoms with E-state index < -0.39 is 9.84 Å². The Bertz CT molecular complexity index is 261. The smallest absolute Gasteiger partial charge is 0.157 e. The molecule has 0 aromatic rings. The van der Waals surface area contributed by atoms with Crippen LogP contribution in [-0.4, -0.2) is 25.0 Å². The van der Waals surface area contributed by atoms with Gasteiger partial charge in [-0.25, -0.2) is 8.42 Å². The van der Waals surface area contributed by atoms with Gasteiger partial charge in [-0.05, 0) is 26.2 Å². The highest BCUT2D eigenvalue weighted by molar-refractivity contribution is 7.92. The molecule has 0 amide bonds. The molecule has 1 aliphatic carbocycles. The first-order valence-corrected chi connectivity index (χ1v) is 6.59. The molecular formula is C9H19NO2S. The lowest BCUT2D eigenvalue weighted by Crippen LogP contribution is -2.39. The van der Waals surface area contributed by atoms with Gasteiger partial charge in [-0.3, -0.25) is 0 Å². The molecular weight excluding hydrogens is 186 g/mol. The van der Waals surface area contributed by atoms with E-state index in [4.69, 9.17) is 5.73 Å². The summed E-state index contributed by atoms with van der Waals surface area (Å²) >= 11 is 0. The average Bonchev–Trinajstić information content (AvgIpc) is 2.50. The number of hydrogen-bond acceptors (Lipinski definition) is 3. The summed E-state index contributed by atoms with van der Waals surface area (Å²) in [6, 6.07) is -0.126. The normalized spacial score (nSPS) is 31.9. The van der Waals surface area contributed by atoms with E-state index in [9.17, 15) is 8.42 Å². The molecule has 1 aliphatic rings. The molecule has 3 nitrogen and oxygen atoms in total. The van der Waals surface area contributed by atoms with Gasteiger partial charge in [0, 0.05) is 6.04 Å². The Morgan fingerprint density at radius 3 is 2.46 bits per heavy atom. The van der Waals surface area contributed by atoms with E-state index >= 15 is 0 Å². The van der Waals surface area contributed by atoms with E-state index in [0.717, 1.165) is 19.3 Å². The van der Waals surface area contributed by atoms with Gasteiger partial charge in [0.1, 0.15) is 0 Å². The Hall–Kier alpha value is -0.0900. The Morgan fingerprint density at radius 2 is 2.08 bits per heavy atom. The first-order chi connectivity index (χ1) is 6.00. The van der Waals surface area contributed by atoms with Crippen molar-refractivity contribution in [1.82, 2.24) is 0 Å². The number of rotatable bonds is 3. The number of nitrogens with two attached hydrogens (primary N) is 1. The van der Waals surface area contributed by atoms with Gasteiger partial charge < -0.3 is 5.73 Å². The van der Waals surface area contributed by atoms with Crippen LogP contribution in [0, 0.1) is 0 Å². The van der Waals surface area contributed by atoms with Crippen LogP contribution in [0.25, 0.3) is 0 Å². The van der Waals surface area contributed by atoms with Crippen molar-refractivity contribution < 1.29 is 8.42 Å². The lowest BCUT2D eigenvalue weighted by atomic mass is 10.3. The molecule has 4 heteroatoms. The summed E-state index contributed by atoms with van der Waals surface area (Å²) in [5, 5.41) is -0.510. The zero-order valence-electron chi connectivity index (χ0n) is 8.36. The zero-order chi connectivity index (χ0) is 10.1. The molecule has 2 N–H and O–H groups in total. The van der Waals surface area contributed by atoms with Crippen LogP contribution >= 0.6 is 0 Å². The third-order valence-electron chi connectivity index (χ3n) is 3.06. The largest absolute Gasteiger partial charge is 0.327 e. The van der Waals surface area contributed by atoms with Gasteiger partial charge in [0.25, 0.3) is 0 Å². The summed E-state index contributed by atoms with van der Waals surface area (Å²) in [6.45, 7) is 3.68. The maximum absolute atomic E-state index is 11.9. The maximum atomic E-state index is 11.9. The summed E-state index contributed by atoms with van der Waals surface area (Å²) < 4.78 is 23.8. The molecule has 0 aromatic heterocycles. The van der Waals surface area contributed by atoms with Crippen molar-refractivity contribution in [2.24, 2.45) is 5.73 Å². The van der Waals surface area contributed by atoms with E-state index in [2.05, 4.69) is 0 Å². The Morgan fingerprint density at radius 1 is 1.46 bits per heavy atom. The molecule has 1 fully saturated rings. The highest BCUT2D eigenvalue weighted by atomic mass is 32.2. The highest BCUT2D eigenvalue weighted by Crippen LogP contribution is 2.27. The summed E-state index contributed by atoms with van der Waals surface area (Å²) in [5.74, 6) is 0. The zero-order valence-corrected chi connectivity index (χ0v) is 9.18. The summed E-state index contributed by atoms with van der Waals surface area (Å²) in [6.07, 6.45) is 3.27. The van der Waals surface area contributed by atoms with Crippen LogP contribution in [0.3, 0.4) is 0 Å². The van der Waals surface area contributed by atoms with Crippen LogP contribution in [0.4, 0.5) is 0 Å². The van der Waals surface area contributed by atoms with Crippen LogP contribution in [-0.2, 0) is 9.84 Å². The van der Waals surface area contributed by atoms with Gasteiger partial charge in [-0.2, -0.15) is 0 Å². The standard InChI is InChI=1S/C9H19NO2S/c1-3-7(2)13(11,12)9-6-4-5-8(9)10/h7-9H,3-6,10H2,1-2H3. The molecule has 0 radical (unpaired) electrons. The molecule has 3 atom stereocenters. The molecule has 78 valence electrons. The average molecular weight is 205 g/mol. The highest BCUT2D eigenvalue weighted by Gasteiger charge is 2.37. The topological polar surface area (TPSA) is 60.2 Å². The van der Waals surface area contributed by atoms with E-state index in [1.807, 2.05) is 6.92 Å². The van der Waals surface area contributed by atoms with Crippen molar-refractivity contribution in [3.8, 4) is 0 Å². The van der Waals surface area contributed by atoms with Gasteiger partial charge >= 0.3 is 0 Å². The Labute approximate surface area is 80.6 Å². The van der Waals surface area contributed by atoms with Crippen LogP contribution in [0.15, 0.2) is 0 Å². The molecule has 0 bridgehead atoms. The third kappa shape index (κ3) is 2.05. The Kier molecular flexibility index (Phi) is 3.35. The molecule has 1 rings (SSSR count). The third-order valence-corrected chi connectivity index (χ3v) is 5.95. The van der Waals surface area contributed by atoms with Crippen LogP contribution in [0.1, 0.15) is 39.5 Å². The predicted octanol–water partition coefficient (Wildman–Crippen LogP) is 1.08. The summed E-state index contributed by atoms with van der Waals surface area (Å²) in [4.78, 5) is 0. The summed E-state index contributed by atoms with van der Waals surface area (Å²) in [7, 11) is -2.96.